The molecule has 21 heavy (non-hydrogen) atoms. The minimum Gasteiger partial charge on any atom is -0.379 e. The fraction of sp³-hybridized carbons (Fsp3) is 0.571. The summed E-state index contributed by atoms with van der Waals surface area (Å²) in [4.78, 5) is 2.13. The van der Waals surface area contributed by atoms with Crippen molar-refractivity contribution in [1.82, 2.24) is 4.90 Å². The van der Waals surface area contributed by atoms with E-state index in [1.807, 2.05) is 6.92 Å². The molecule has 1 aliphatic rings. The summed E-state index contributed by atoms with van der Waals surface area (Å²) in [5, 5.41) is 2.35. The van der Waals surface area contributed by atoms with Gasteiger partial charge in [-0.15, -0.1) is 0 Å². The lowest BCUT2D eigenvalue weighted by molar-refractivity contribution is 0.180. The van der Waals surface area contributed by atoms with Crippen molar-refractivity contribution < 1.29 is 22.0 Å². The van der Waals surface area contributed by atoms with Gasteiger partial charge in [0.1, 0.15) is 5.69 Å². The Morgan fingerprint density at radius 3 is 1.86 bits per heavy atom. The van der Waals surface area contributed by atoms with Crippen LogP contribution < -0.4 is 5.32 Å². The van der Waals surface area contributed by atoms with E-state index in [0.29, 0.717) is 0 Å². The number of likely N-dealkylation sites (tertiary alicyclic amines) is 1. The van der Waals surface area contributed by atoms with E-state index in [9.17, 15) is 22.0 Å². The Morgan fingerprint density at radius 1 is 0.857 bits per heavy atom. The van der Waals surface area contributed by atoms with Gasteiger partial charge in [-0.05, 0) is 32.9 Å². The first-order chi connectivity index (χ1) is 9.93. The molecular weight excluding hydrogens is 291 g/mol. The van der Waals surface area contributed by atoms with Crippen molar-refractivity contribution in [3.63, 3.8) is 0 Å². The highest BCUT2D eigenvalue weighted by Gasteiger charge is 2.26. The fourth-order valence-electron chi connectivity index (χ4n) is 2.50. The van der Waals surface area contributed by atoms with Gasteiger partial charge in [0.15, 0.2) is 23.3 Å². The van der Waals surface area contributed by atoms with Crippen molar-refractivity contribution in [2.45, 2.75) is 32.2 Å². The van der Waals surface area contributed by atoms with Crippen LogP contribution in [0.1, 0.15) is 26.2 Å². The van der Waals surface area contributed by atoms with E-state index in [4.69, 9.17) is 0 Å². The van der Waals surface area contributed by atoms with Crippen LogP contribution in [0.4, 0.5) is 27.6 Å². The second-order valence-corrected chi connectivity index (χ2v) is 5.27. The average Bonchev–Trinajstić information content (AvgIpc) is 2.51. The monoisotopic (exact) mass is 308 g/mol. The molecule has 0 radical (unpaired) electrons. The predicted octanol–water partition coefficient (Wildman–Crippen LogP) is 3.67. The lowest BCUT2D eigenvalue weighted by Crippen LogP contribution is -2.41. The summed E-state index contributed by atoms with van der Waals surface area (Å²) in [6, 6.07) is -0.0553. The zero-order chi connectivity index (χ0) is 15.6. The molecule has 1 aliphatic heterocycles. The van der Waals surface area contributed by atoms with Crippen LogP contribution in [0, 0.1) is 29.1 Å². The van der Waals surface area contributed by atoms with Crippen LogP contribution in [-0.4, -0.2) is 30.6 Å². The van der Waals surface area contributed by atoms with Crippen molar-refractivity contribution in [3.05, 3.63) is 29.1 Å². The number of hydrogen-bond donors (Lipinski definition) is 1. The lowest BCUT2D eigenvalue weighted by atomic mass is 10.1. The largest absolute Gasteiger partial charge is 0.379 e. The summed E-state index contributed by atoms with van der Waals surface area (Å²) in [7, 11) is 0. The molecule has 1 fully saturated rings. The second-order valence-electron chi connectivity index (χ2n) is 5.27. The first-order valence-electron chi connectivity index (χ1n) is 6.92. The van der Waals surface area contributed by atoms with Gasteiger partial charge in [-0.25, -0.2) is 22.0 Å². The number of piperidine rings is 1. The number of nitrogens with zero attached hydrogens (tertiary/aromatic N) is 1. The second kappa shape index (κ2) is 6.60. The molecule has 0 aliphatic carbocycles. The fourth-order valence-corrected chi connectivity index (χ4v) is 2.50. The van der Waals surface area contributed by atoms with Gasteiger partial charge in [-0.2, -0.15) is 0 Å². The summed E-state index contributed by atoms with van der Waals surface area (Å²) < 4.78 is 66.1. The Morgan fingerprint density at radius 2 is 1.33 bits per heavy atom. The zero-order valence-electron chi connectivity index (χ0n) is 11.7. The number of halogens is 5. The van der Waals surface area contributed by atoms with Crippen LogP contribution in [0.5, 0.6) is 0 Å². The molecule has 0 aromatic heterocycles. The van der Waals surface area contributed by atoms with Crippen molar-refractivity contribution in [1.29, 1.82) is 0 Å². The molecular formula is C14H17F5N2. The minimum atomic E-state index is -2.14. The third-order valence-corrected chi connectivity index (χ3v) is 3.80. The summed E-state index contributed by atoms with van der Waals surface area (Å²) in [5.74, 6) is -9.64. The molecule has 1 N–H and O–H groups in total. The third kappa shape index (κ3) is 3.28. The van der Waals surface area contributed by atoms with E-state index in [1.165, 1.54) is 0 Å². The van der Waals surface area contributed by atoms with E-state index in [2.05, 4.69) is 10.2 Å². The van der Waals surface area contributed by atoms with Crippen molar-refractivity contribution in [3.8, 4) is 0 Å². The standard InChI is InChI=1S/C14H17F5N2/c1-8(21-5-3-2-4-6-21)7-20-14-12(18)10(16)9(15)11(17)13(14)19/h8,20H,2-7H2,1H3. The molecule has 1 unspecified atom stereocenters. The molecule has 1 aromatic rings. The highest BCUT2D eigenvalue weighted by atomic mass is 19.2. The Balaban J connectivity index is 2.09. The molecule has 0 spiro atoms. The Bertz CT molecular complexity index is 486. The van der Waals surface area contributed by atoms with Gasteiger partial charge in [0, 0.05) is 12.6 Å². The summed E-state index contributed by atoms with van der Waals surface area (Å²) in [6.45, 7) is 3.71. The Labute approximate surface area is 119 Å². The van der Waals surface area contributed by atoms with Gasteiger partial charge in [-0.3, -0.25) is 4.90 Å². The maximum Gasteiger partial charge on any atom is 0.200 e. The summed E-state index contributed by atoms with van der Waals surface area (Å²) >= 11 is 0. The molecule has 1 saturated heterocycles. The first-order valence-corrected chi connectivity index (χ1v) is 6.92. The molecule has 1 atom stereocenters. The van der Waals surface area contributed by atoms with Crippen LogP contribution in [0.3, 0.4) is 0 Å². The summed E-state index contributed by atoms with van der Waals surface area (Å²) in [6.07, 6.45) is 3.24. The maximum atomic E-state index is 13.5. The van der Waals surface area contributed by atoms with Gasteiger partial charge >= 0.3 is 0 Å². The molecule has 0 amide bonds. The molecule has 7 heteroatoms. The van der Waals surface area contributed by atoms with Crippen LogP contribution in [0.15, 0.2) is 0 Å². The Kier molecular flexibility index (Phi) is 5.03. The van der Waals surface area contributed by atoms with E-state index in [1.54, 1.807) is 0 Å². The van der Waals surface area contributed by atoms with Crippen molar-refractivity contribution in [2.75, 3.05) is 25.0 Å². The number of anilines is 1. The molecule has 1 heterocycles. The van der Waals surface area contributed by atoms with E-state index in [-0.39, 0.29) is 12.6 Å². The normalized spacial score (nSPS) is 17.8. The third-order valence-electron chi connectivity index (χ3n) is 3.80. The maximum absolute atomic E-state index is 13.5. The van der Waals surface area contributed by atoms with E-state index >= 15 is 0 Å². The van der Waals surface area contributed by atoms with Crippen molar-refractivity contribution >= 4 is 5.69 Å². The molecule has 2 nitrogen and oxygen atoms in total. The quantitative estimate of drug-likeness (QED) is 0.519. The highest BCUT2D eigenvalue weighted by molar-refractivity contribution is 5.47. The smallest absolute Gasteiger partial charge is 0.200 e. The molecule has 1 aromatic carbocycles. The van der Waals surface area contributed by atoms with E-state index < -0.39 is 34.8 Å². The predicted molar refractivity (Wildman–Crippen MR) is 69.6 cm³/mol. The lowest BCUT2D eigenvalue weighted by Gasteiger charge is -2.32. The highest BCUT2D eigenvalue weighted by Crippen LogP contribution is 2.27. The van der Waals surface area contributed by atoms with Crippen LogP contribution in [0.2, 0.25) is 0 Å². The van der Waals surface area contributed by atoms with Gasteiger partial charge in [0.25, 0.3) is 0 Å². The summed E-state index contributed by atoms with van der Waals surface area (Å²) in [5.41, 5.74) is -0.963. The number of hydrogen-bond acceptors (Lipinski definition) is 2. The zero-order valence-corrected chi connectivity index (χ0v) is 11.7. The van der Waals surface area contributed by atoms with Crippen molar-refractivity contribution in [2.24, 2.45) is 0 Å². The van der Waals surface area contributed by atoms with Crippen LogP contribution in [-0.2, 0) is 0 Å². The van der Waals surface area contributed by atoms with Crippen LogP contribution in [0.25, 0.3) is 0 Å². The van der Waals surface area contributed by atoms with Gasteiger partial charge in [0.05, 0.1) is 0 Å². The van der Waals surface area contributed by atoms with Crippen LogP contribution >= 0.6 is 0 Å². The van der Waals surface area contributed by atoms with Gasteiger partial charge in [0.2, 0.25) is 5.82 Å². The van der Waals surface area contributed by atoms with Gasteiger partial charge < -0.3 is 5.32 Å². The topological polar surface area (TPSA) is 15.3 Å². The SMILES string of the molecule is CC(CNc1c(F)c(F)c(F)c(F)c1F)N1CCCCC1. The number of nitrogens with one attached hydrogen (secondary N) is 1. The minimum absolute atomic E-state index is 0.0553. The number of rotatable bonds is 4. The first kappa shape index (κ1) is 16.0. The average molecular weight is 308 g/mol. The molecule has 0 saturated carbocycles. The Hall–Kier alpha value is -1.37. The van der Waals surface area contributed by atoms with E-state index in [0.717, 1.165) is 32.4 Å². The molecule has 2 rings (SSSR count). The van der Waals surface area contributed by atoms with Gasteiger partial charge in [-0.1, -0.05) is 6.42 Å². The number of benzene rings is 1. The molecule has 0 bridgehead atoms. The molecule has 118 valence electrons.